The lowest BCUT2D eigenvalue weighted by molar-refractivity contribution is 0.473. The van der Waals surface area contributed by atoms with Crippen LogP contribution in [0.1, 0.15) is 27.8 Å². The molecule has 3 aromatic carbocycles. The van der Waals surface area contributed by atoms with Crippen LogP contribution in [0.25, 0.3) is 10.8 Å². The molecule has 3 heteroatoms. The first-order chi connectivity index (χ1) is 11.6. The third-order valence-electron chi connectivity index (χ3n) is 4.90. The van der Waals surface area contributed by atoms with Crippen molar-refractivity contribution >= 4 is 34.3 Å². The van der Waals surface area contributed by atoms with Crippen LogP contribution in [0.2, 0.25) is 5.02 Å². The van der Waals surface area contributed by atoms with Crippen molar-refractivity contribution in [3.63, 3.8) is 0 Å². The molecular weight excluding hydrogens is 318 g/mol. The number of aryl methyl sites for hydroxylation is 3. The van der Waals surface area contributed by atoms with Crippen LogP contribution in [-0.4, -0.2) is 11.3 Å². The quantitative estimate of drug-likeness (QED) is 0.602. The molecule has 0 unspecified atom stereocenters. The topological polar surface area (TPSA) is 32.6 Å². The summed E-state index contributed by atoms with van der Waals surface area (Å²) in [5, 5.41) is 13.4. The number of nitrogens with zero attached hydrogens (tertiary/aromatic N) is 1. The van der Waals surface area contributed by atoms with Gasteiger partial charge in [-0.3, -0.25) is 4.99 Å². The van der Waals surface area contributed by atoms with Crippen LogP contribution >= 0.6 is 11.6 Å². The van der Waals surface area contributed by atoms with E-state index in [1.54, 1.807) is 12.3 Å². The fourth-order valence-corrected chi connectivity index (χ4v) is 3.75. The van der Waals surface area contributed by atoms with Gasteiger partial charge in [-0.05, 0) is 66.5 Å². The molecule has 0 saturated carbocycles. The number of aromatic hydroxyl groups is 1. The van der Waals surface area contributed by atoms with Crippen molar-refractivity contribution in [1.29, 1.82) is 0 Å². The monoisotopic (exact) mass is 335 g/mol. The van der Waals surface area contributed by atoms with Crippen molar-refractivity contribution in [2.45, 2.75) is 26.7 Å². The van der Waals surface area contributed by atoms with Gasteiger partial charge in [0, 0.05) is 22.2 Å². The zero-order valence-electron chi connectivity index (χ0n) is 13.7. The van der Waals surface area contributed by atoms with Gasteiger partial charge in [-0.1, -0.05) is 35.9 Å². The van der Waals surface area contributed by atoms with Crippen LogP contribution < -0.4 is 0 Å². The molecule has 0 aliphatic heterocycles. The molecule has 0 aromatic heterocycles. The van der Waals surface area contributed by atoms with E-state index in [4.69, 9.17) is 11.6 Å². The molecule has 0 spiro atoms. The van der Waals surface area contributed by atoms with E-state index in [1.165, 1.54) is 21.9 Å². The maximum atomic E-state index is 10.2. The zero-order valence-corrected chi connectivity index (χ0v) is 14.5. The Morgan fingerprint density at radius 2 is 1.83 bits per heavy atom. The van der Waals surface area contributed by atoms with Crippen molar-refractivity contribution in [2.75, 3.05) is 0 Å². The molecule has 0 heterocycles. The molecule has 4 rings (SSSR count). The Balaban J connectivity index is 1.85. The highest BCUT2D eigenvalue weighted by Gasteiger charge is 2.15. The minimum atomic E-state index is 0.212. The summed E-state index contributed by atoms with van der Waals surface area (Å²) >= 11 is 6.31. The average molecular weight is 336 g/mol. The molecule has 24 heavy (non-hydrogen) atoms. The maximum Gasteiger partial charge on any atom is 0.124 e. The second-order valence-electron chi connectivity index (χ2n) is 6.41. The van der Waals surface area contributed by atoms with Crippen LogP contribution in [0.4, 0.5) is 5.69 Å². The summed E-state index contributed by atoms with van der Waals surface area (Å²) in [4.78, 5) is 4.66. The van der Waals surface area contributed by atoms with Crippen molar-refractivity contribution in [1.82, 2.24) is 0 Å². The first-order valence-electron chi connectivity index (χ1n) is 8.12. The Kier molecular flexibility index (Phi) is 3.58. The van der Waals surface area contributed by atoms with E-state index < -0.39 is 0 Å². The van der Waals surface area contributed by atoms with Crippen LogP contribution in [0.15, 0.2) is 41.4 Å². The highest BCUT2D eigenvalue weighted by atomic mass is 35.5. The van der Waals surface area contributed by atoms with Crippen molar-refractivity contribution in [3.8, 4) is 5.75 Å². The molecule has 2 nitrogen and oxygen atoms in total. The zero-order chi connectivity index (χ0) is 16.8. The van der Waals surface area contributed by atoms with Gasteiger partial charge >= 0.3 is 0 Å². The molecular formula is C21H18ClNO. The van der Waals surface area contributed by atoms with Crippen molar-refractivity contribution < 1.29 is 5.11 Å². The predicted molar refractivity (Wildman–Crippen MR) is 101 cm³/mol. The third-order valence-corrected chi connectivity index (χ3v) is 5.48. The van der Waals surface area contributed by atoms with Gasteiger partial charge in [0.25, 0.3) is 0 Å². The van der Waals surface area contributed by atoms with Gasteiger partial charge in [0.15, 0.2) is 0 Å². The summed E-state index contributed by atoms with van der Waals surface area (Å²) in [6.45, 7) is 3.79. The molecule has 1 N–H and O–H groups in total. The number of hydrogen-bond donors (Lipinski definition) is 1. The predicted octanol–water partition coefficient (Wildman–Crippen LogP) is 5.66. The number of aliphatic imine (C=N–C) groups is 1. The summed E-state index contributed by atoms with van der Waals surface area (Å²) in [5.74, 6) is 0.212. The molecule has 0 amide bonds. The second-order valence-corrected chi connectivity index (χ2v) is 6.78. The first-order valence-corrected chi connectivity index (χ1v) is 8.50. The number of benzene rings is 3. The number of hydrogen-bond acceptors (Lipinski definition) is 2. The number of phenols is 1. The standard InChI is InChI=1S/C21H18ClNO/c1-12-10-19(24)17(13(2)21(12)22)11-23-18-9-8-15-7-6-14-4-3-5-16(18)20(14)15/h3-5,8-11,24H,6-7H2,1-2H3. The average Bonchev–Trinajstić information content (AvgIpc) is 2.99. The van der Waals surface area contributed by atoms with Gasteiger partial charge in [0.1, 0.15) is 5.75 Å². The van der Waals surface area contributed by atoms with E-state index in [1.807, 2.05) is 13.8 Å². The largest absolute Gasteiger partial charge is 0.507 e. The highest BCUT2D eigenvalue weighted by molar-refractivity contribution is 6.32. The van der Waals surface area contributed by atoms with Gasteiger partial charge in [-0.2, -0.15) is 0 Å². The Morgan fingerprint density at radius 1 is 1.08 bits per heavy atom. The Bertz CT molecular complexity index is 994. The van der Waals surface area contributed by atoms with Crippen LogP contribution in [0.5, 0.6) is 5.75 Å². The minimum absolute atomic E-state index is 0.212. The van der Waals surface area contributed by atoms with Gasteiger partial charge in [0.2, 0.25) is 0 Å². The van der Waals surface area contributed by atoms with E-state index in [0.29, 0.717) is 10.6 Å². The Hall–Kier alpha value is -2.32. The maximum absolute atomic E-state index is 10.2. The smallest absolute Gasteiger partial charge is 0.124 e. The van der Waals surface area contributed by atoms with Gasteiger partial charge in [-0.15, -0.1) is 0 Å². The summed E-state index contributed by atoms with van der Waals surface area (Å²) < 4.78 is 0. The van der Waals surface area contributed by atoms with Crippen LogP contribution in [0.3, 0.4) is 0 Å². The molecule has 0 bridgehead atoms. The fourth-order valence-electron chi connectivity index (χ4n) is 3.59. The molecule has 120 valence electrons. The summed E-state index contributed by atoms with van der Waals surface area (Å²) in [7, 11) is 0. The molecule has 1 aliphatic carbocycles. The number of phenolic OH excluding ortho intramolecular Hbond substituents is 1. The van der Waals surface area contributed by atoms with Gasteiger partial charge in [0.05, 0.1) is 5.69 Å². The van der Waals surface area contributed by atoms with Gasteiger partial charge in [-0.25, -0.2) is 0 Å². The molecule has 0 saturated heterocycles. The highest BCUT2D eigenvalue weighted by Crippen LogP contribution is 2.36. The van der Waals surface area contributed by atoms with E-state index >= 15 is 0 Å². The normalized spacial score (nSPS) is 13.3. The first kappa shape index (κ1) is 15.2. The van der Waals surface area contributed by atoms with Crippen LogP contribution in [0, 0.1) is 13.8 Å². The van der Waals surface area contributed by atoms with Crippen molar-refractivity contribution in [3.05, 3.63) is 69.2 Å². The van der Waals surface area contributed by atoms with E-state index in [2.05, 4.69) is 35.3 Å². The molecule has 3 aromatic rings. The molecule has 0 atom stereocenters. The molecule has 1 aliphatic rings. The van der Waals surface area contributed by atoms with E-state index in [0.717, 1.165) is 29.7 Å². The van der Waals surface area contributed by atoms with E-state index in [-0.39, 0.29) is 5.75 Å². The molecule has 0 radical (unpaired) electrons. The lowest BCUT2D eigenvalue weighted by atomic mass is 10.0. The minimum Gasteiger partial charge on any atom is -0.507 e. The van der Waals surface area contributed by atoms with Gasteiger partial charge < -0.3 is 5.11 Å². The number of halogens is 1. The summed E-state index contributed by atoms with van der Waals surface area (Å²) in [6.07, 6.45) is 3.93. The fraction of sp³-hybridized carbons (Fsp3) is 0.190. The second kappa shape index (κ2) is 5.64. The SMILES string of the molecule is Cc1cc(O)c(C=Nc2ccc3c4c(cccc24)CC3)c(C)c1Cl. The lowest BCUT2D eigenvalue weighted by Crippen LogP contribution is -1.92. The van der Waals surface area contributed by atoms with Crippen LogP contribution in [-0.2, 0) is 12.8 Å². The summed E-state index contributed by atoms with van der Waals surface area (Å²) in [6, 6.07) is 12.3. The Labute approximate surface area is 146 Å². The third kappa shape index (κ3) is 2.30. The van der Waals surface area contributed by atoms with E-state index in [9.17, 15) is 5.11 Å². The lowest BCUT2D eigenvalue weighted by Gasteiger charge is -2.09. The molecule has 0 fully saturated rings. The summed E-state index contributed by atoms with van der Waals surface area (Å²) in [5.41, 5.74) is 6.12. The number of rotatable bonds is 2. The Morgan fingerprint density at radius 3 is 2.62 bits per heavy atom. The van der Waals surface area contributed by atoms with Crippen molar-refractivity contribution in [2.24, 2.45) is 4.99 Å².